The van der Waals surface area contributed by atoms with E-state index in [0.29, 0.717) is 17.7 Å². The minimum atomic E-state index is -0.234. The van der Waals surface area contributed by atoms with Crippen LogP contribution in [0.15, 0.2) is 29.4 Å². The fourth-order valence-electron chi connectivity index (χ4n) is 2.25. The summed E-state index contributed by atoms with van der Waals surface area (Å²) in [5, 5.41) is 15.7. The van der Waals surface area contributed by atoms with Gasteiger partial charge in [-0.25, -0.2) is 4.39 Å². The standard InChI is InChI=1S/C13H17FN2O/c14-12-4-2-1-3-11(12)9-13(16-17)10-5-7-15-8-6-10/h1-4,10,15,17H,5-9H2. The average Bonchev–Trinajstić information content (AvgIpc) is 2.39. The van der Waals surface area contributed by atoms with E-state index in [0.717, 1.165) is 25.9 Å². The van der Waals surface area contributed by atoms with Crippen LogP contribution < -0.4 is 5.32 Å². The number of nitrogens with zero attached hydrogens (tertiary/aromatic N) is 1. The number of hydrogen-bond donors (Lipinski definition) is 2. The molecule has 3 nitrogen and oxygen atoms in total. The molecule has 17 heavy (non-hydrogen) atoms. The lowest BCUT2D eigenvalue weighted by molar-refractivity contribution is 0.309. The van der Waals surface area contributed by atoms with Crippen molar-refractivity contribution in [1.29, 1.82) is 0 Å². The van der Waals surface area contributed by atoms with Crippen LogP contribution in [0.3, 0.4) is 0 Å². The number of rotatable bonds is 3. The molecule has 0 unspecified atom stereocenters. The summed E-state index contributed by atoms with van der Waals surface area (Å²) in [6.07, 6.45) is 2.30. The molecule has 1 aliphatic heterocycles. The number of halogens is 1. The predicted octanol–water partition coefficient (Wildman–Crippen LogP) is 2.20. The minimum absolute atomic E-state index is 0.234. The van der Waals surface area contributed by atoms with E-state index < -0.39 is 0 Å². The lowest BCUT2D eigenvalue weighted by atomic mass is 9.89. The van der Waals surface area contributed by atoms with Gasteiger partial charge in [-0.15, -0.1) is 0 Å². The zero-order valence-electron chi connectivity index (χ0n) is 9.69. The number of hydrogen-bond acceptors (Lipinski definition) is 3. The van der Waals surface area contributed by atoms with Gasteiger partial charge in [0.1, 0.15) is 5.82 Å². The van der Waals surface area contributed by atoms with E-state index >= 15 is 0 Å². The Labute approximate surface area is 100 Å². The Balaban J connectivity index is 2.07. The molecule has 0 atom stereocenters. The van der Waals surface area contributed by atoms with E-state index in [9.17, 15) is 4.39 Å². The van der Waals surface area contributed by atoms with Crippen LogP contribution in [0.1, 0.15) is 18.4 Å². The van der Waals surface area contributed by atoms with Crippen LogP contribution in [-0.2, 0) is 6.42 Å². The summed E-state index contributed by atoms with van der Waals surface area (Å²) >= 11 is 0. The van der Waals surface area contributed by atoms with Gasteiger partial charge in [0.25, 0.3) is 0 Å². The number of piperidine rings is 1. The normalized spacial score (nSPS) is 18.3. The van der Waals surface area contributed by atoms with E-state index in [-0.39, 0.29) is 11.7 Å². The first kappa shape index (κ1) is 12.0. The Kier molecular flexibility index (Phi) is 4.09. The molecule has 2 N–H and O–H groups in total. The van der Waals surface area contributed by atoms with Crippen molar-refractivity contribution in [3.8, 4) is 0 Å². The fraction of sp³-hybridized carbons (Fsp3) is 0.462. The monoisotopic (exact) mass is 236 g/mol. The van der Waals surface area contributed by atoms with Crippen LogP contribution in [0.5, 0.6) is 0 Å². The minimum Gasteiger partial charge on any atom is -0.411 e. The molecule has 0 aliphatic carbocycles. The van der Waals surface area contributed by atoms with Crippen molar-refractivity contribution in [2.75, 3.05) is 13.1 Å². The van der Waals surface area contributed by atoms with E-state index in [1.54, 1.807) is 18.2 Å². The summed E-state index contributed by atoms with van der Waals surface area (Å²) in [4.78, 5) is 0. The maximum absolute atomic E-state index is 13.5. The number of nitrogens with one attached hydrogen (secondary N) is 1. The molecular weight excluding hydrogens is 219 g/mol. The molecule has 92 valence electrons. The molecular formula is C13H17FN2O. The third kappa shape index (κ3) is 3.03. The van der Waals surface area contributed by atoms with Gasteiger partial charge in [-0.1, -0.05) is 23.4 Å². The maximum Gasteiger partial charge on any atom is 0.126 e. The molecule has 0 spiro atoms. The first-order valence-corrected chi connectivity index (χ1v) is 5.96. The molecule has 1 aliphatic rings. The van der Waals surface area contributed by atoms with Gasteiger partial charge in [0, 0.05) is 12.3 Å². The lowest BCUT2D eigenvalue weighted by Crippen LogP contribution is -2.32. The molecule has 1 heterocycles. The fourth-order valence-corrected chi connectivity index (χ4v) is 2.25. The second-order valence-corrected chi connectivity index (χ2v) is 4.38. The molecule has 1 aromatic rings. The molecule has 0 aromatic heterocycles. The SMILES string of the molecule is ON=C(Cc1ccccc1F)C1CCNCC1. The van der Waals surface area contributed by atoms with Crippen molar-refractivity contribution in [1.82, 2.24) is 5.32 Å². The summed E-state index contributed by atoms with van der Waals surface area (Å²) in [6, 6.07) is 6.64. The summed E-state index contributed by atoms with van der Waals surface area (Å²) in [5.74, 6) is 0.0310. The summed E-state index contributed by atoms with van der Waals surface area (Å²) in [6.45, 7) is 1.86. The second kappa shape index (κ2) is 5.77. The number of benzene rings is 1. The zero-order chi connectivity index (χ0) is 12.1. The molecule has 1 aromatic carbocycles. The van der Waals surface area contributed by atoms with Crippen LogP contribution >= 0.6 is 0 Å². The Morgan fingerprint density at radius 2 is 2.06 bits per heavy atom. The van der Waals surface area contributed by atoms with Crippen molar-refractivity contribution in [2.24, 2.45) is 11.1 Å². The first-order chi connectivity index (χ1) is 8.31. The highest BCUT2D eigenvalue weighted by Crippen LogP contribution is 2.18. The van der Waals surface area contributed by atoms with Crippen molar-refractivity contribution in [3.05, 3.63) is 35.6 Å². The Morgan fingerprint density at radius 3 is 2.71 bits per heavy atom. The van der Waals surface area contributed by atoms with Gasteiger partial charge in [-0.3, -0.25) is 0 Å². The predicted molar refractivity (Wildman–Crippen MR) is 64.9 cm³/mol. The van der Waals surface area contributed by atoms with Gasteiger partial charge in [-0.05, 0) is 37.6 Å². The van der Waals surface area contributed by atoms with Crippen molar-refractivity contribution in [3.63, 3.8) is 0 Å². The molecule has 2 rings (SSSR count). The Morgan fingerprint density at radius 1 is 1.35 bits per heavy atom. The van der Waals surface area contributed by atoms with Gasteiger partial charge < -0.3 is 10.5 Å². The smallest absolute Gasteiger partial charge is 0.126 e. The van der Waals surface area contributed by atoms with Gasteiger partial charge in [0.2, 0.25) is 0 Å². The topological polar surface area (TPSA) is 44.6 Å². The average molecular weight is 236 g/mol. The van der Waals surface area contributed by atoms with Crippen LogP contribution in [-0.4, -0.2) is 24.0 Å². The number of oxime groups is 1. The summed E-state index contributed by atoms with van der Waals surface area (Å²) in [5.41, 5.74) is 1.29. The van der Waals surface area contributed by atoms with Crippen molar-refractivity contribution < 1.29 is 9.60 Å². The Bertz CT molecular complexity index is 400. The van der Waals surface area contributed by atoms with Crippen LogP contribution in [0.25, 0.3) is 0 Å². The van der Waals surface area contributed by atoms with Crippen molar-refractivity contribution in [2.45, 2.75) is 19.3 Å². The van der Waals surface area contributed by atoms with Gasteiger partial charge in [0.15, 0.2) is 0 Å². The quantitative estimate of drug-likeness (QED) is 0.480. The molecule has 0 bridgehead atoms. The van der Waals surface area contributed by atoms with Gasteiger partial charge in [-0.2, -0.15) is 0 Å². The van der Waals surface area contributed by atoms with Gasteiger partial charge in [0.05, 0.1) is 5.71 Å². The highest BCUT2D eigenvalue weighted by Gasteiger charge is 2.20. The van der Waals surface area contributed by atoms with Crippen LogP contribution in [0, 0.1) is 11.7 Å². The summed E-state index contributed by atoms with van der Waals surface area (Å²) < 4.78 is 13.5. The molecule has 1 saturated heterocycles. The lowest BCUT2D eigenvalue weighted by Gasteiger charge is -2.23. The molecule has 4 heteroatoms. The third-order valence-electron chi connectivity index (χ3n) is 3.27. The largest absolute Gasteiger partial charge is 0.411 e. The van der Waals surface area contributed by atoms with Crippen molar-refractivity contribution >= 4 is 5.71 Å². The van der Waals surface area contributed by atoms with E-state index in [4.69, 9.17) is 5.21 Å². The van der Waals surface area contributed by atoms with E-state index in [1.807, 2.05) is 0 Å². The zero-order valence-corrected chi connectivity index (χ0v) is 9.69. The Hall–Kier alpha value is -1.42. The third-order valence-corrected chi connectivity index (χ3v) is 3.27. The first-order valence-electron chi connectivity index (χ1n) is 5.96. The van der Waals surface area contributed by atoms with E-state index in [1.165, 1.54) is 6.07 Å². The molecule has 1 fully saturated rings. The second-order valence-electron chi connectivity index (χ2n) is 4.38. The maximum atomic E-state index is 13.5. The van der Waals surface area contributed by atoms with Crippen LogP contribution in [0.2, 0.25) is 0 Å². The highest BCUT2D eigenvalue weighted by molar-refractivity contribution is 5.88. The van der Waals surface area contributed by atoms with Crippen LogP contribution in [0.4, 0.5) is 4.39 Å². The molecule has 0 saturated carbocycles. The van der Waals surface area contributed by atoms with Gasteiger partial charge >= 0.3 is 0 Å². The summed E-state index contributed by atoms with van der Waals surface area (Å²) in [7, 11) is 0. The molecule has 0 radical (unpaired) electrons. The van der Waals surface area contributed by atoms with E-state index in [2.05, 4.69) is 10.5 Å². The highest BCUT2D eigenvalue weighted by atomic mass is 19.1. The molecule has 0 amide bonds.